The number of ether oxygens (including phenoxy) is 1. The standard InChI is InChI=1S/C16H21N3O5S2/c1-5-19(6-2)26(21,22)13-9-7-12(8-10-13)14-17-18-16(24-14)25-11(3)15(20)23-4/h7-11H,5-6H2,1-4H3. The lowest BCUT2D eigenvalue weighted by Crippen LogP contribution is -2.30. The normalized spacial score (nSPS) is 13.0. The monoisotopic (exact) mass is 399 g/mol. The van der Waals surface area contributed by atoms with Crippen LogP contribution in [-0.4, -0.2) is 54.3 Å². The number of methoxy groups -OCH3 is 1. The summed E-state index contributed by atoms with van der Waals surface area (Å²) in [7, 11) is -2.20. The van der Waals surface area contributed by atoms with Crippen LogP contribution in [0.5, 0.6) is 0 Å². The van der Waals surface area contributed by atoms with Gasteiger partial charge in [-0.1, -0.05) is 25.6 Å². The lowest BCUT2D eigenvalue weighted by atomic mass is 10.2. The third-order valence-corrected chi connectivity index (χ3v) is 6.64. The van der Waals surface area contributed by atoms with E-state index in [1.807, 2.05) is 0 Å². The Morgan fingerprint density at radius 1 is 1.23 bits per heavy atom. The van der Waals surface area contributed by atoms with Gasteiger partial charge in [0.15, 0.2) is 0 Å². The van der Waals surface area contributed by atoms with Crippen molar-refractivity contribution in [3.63, 3.8) is 0 Å². The fourth-order valence-corrected chi connectivity index (χ4v) is 4.39. The number of nitrogens with zero attached hydrogens (tertiary/aromatic N) is 3. The maximum absolute atomic E-state index is 12.5. The first-order chi connectivity index (χ1) is 12.3. The van der Waals surface area contributed by atoms with Gasteiger partial charge in [-0.05, 0) is 31.2 Å². The van der Waals surface area contributed by atoms with E-state index in [0.29, 0.717) is 18.7 Å². The number of carbonyl (C=O) groups excluding carboxylic acids is 1. The largest absolute Gasteiger partial charge is 0.468 e. The molecule has 0 bridgehead atoms. The van der Waals surface area contributed by atoms with Crippen molar-refractivity contribution in [3.8, 4) is 11.5 Å². The van der Waals surface area contributed by atoms with E-state index in [9.17, 15) is 13.2 Å². The number of hydrogen-bond acceptors (Lipinski definition) is 8. The number of sulfonamides is 1. The van der Waals surface area contributed by atoms with E-state index in [1.165, 1.54) is 23.5 Å². The number of esters is 1. The molecule has 0 amide bonds. The summed E-state index contributed by atoms with van der Waals surface area (Å²) in [5, 5.41) is 7.58. The zero-order valence-corrected chi connectivity index (χ0v) is 16.6. The van der Waals surface area contributed by atoms with Gasteiger partial charge >= 0.3 is 5.97 Å². The zero-order chi connectivity index (χ0) is 19.3. The van der Waals surface area contributed by atoms with Gasteiger partial charge in [-0.25, -0.2) is 8.42 Å². The number of benzene rings is 1. The average molecular weight is 399 g/mol. The van der Waals surface area contributed by atoms with Crippen LogP contribution in [0.2, 0.25) is 0 Å². The highest BCUT2D eigenvalue weighted by molar-refractivity contribution is 8.00. The predicted octanol–water partition coefficient (Wildman–Crippen LogP) is 2.42. The molecule has 0 saturated heterocycles. The Labute approximate surface area is 157 Å². The number of aromatic nitrogens is 2. The Balaban J connectivity index is 2.18. The molecule has 0 fully saturated rings. The van der Waals surface area contributed by atoms with Gasteiger partial charge in [0.25, 0.3) is 5.22 Å². The van der Waals surface area contributed by atoms with Crippen LogP contribution in [0, 0.1) is 0 Å². The summed E-state index contributed by atoms with van der Waals surface area (Å²) in [6.07, 6.45) is 0. The van der Waals surface area contributed by atoms with Gasteiger partial charge in [0, 0.05) is 18.7 Å². The van der Waals surface area contributed by atoms with Crippen molar-refractivity contribution in [3.05, 3.63) is 24.3 Å². The van der Waals surface area contributed by atoms with Crippen LogP contribution in [0.25, 0.3) is 11.5 Å². The van der Waals surface area contributed by atoms with Crippen molar-refractivity contribution in [1.29, 1.82) is 0 Å². The van der Waals surface area contributed by atoms with E-state index < -0.39 is 15.3 Å². The maximum Gasteiger partial charge on any atom is 0.319 e. The summed E-state index contributed by atoms with van der Waals surface area (Å²) in [5.41, 5.74) is 0.591. The van der Waals surface area contributed by atoms with E-state index in [2.05, 4.69) is 14.9 Å². The number of carbonyl (C=O) groups is 1. The number of rotatable bonds is 8. The molecule has 0 N–H and O–H groups in total. The molecular formula is C16H21N3O5S2. The van der Waals surface area contributed by atoms with Crippen LogP contribution in [0.4, 0.5) is 0 Å². The number of hydrogen-bond donors (Lipinski definition) is 0. The van der Waals surface area contributed by atoms with Crippen LogP contribution in [-0.2, 0) is 19.6 Å². The molecule has 1 aromatic heterocycles. The van der Waals surface area contributed by atoms with Crippen molar-refractivity contribution in [1.82, 2.24) is 14.5 Å². The molecule has 1 atom stereocenters. The highest BCUT2D eigenvalue weighted by Gasteiger charge is 2.22. The smallest absolute Gasteiger partial charge is 0.319 e. The summed E-state index contributed by atoms with van der Waals surface area (Å²) in [5.74, 6) is -0.142. The fourth-order valence-electron chi connectivity index (χ4n) is 2.22. The molecule has 0 radical (unpaired) electrons. The second kappa shape index (κ2) is 8.65. The predicted molar refractivity (Wildman–Crippen MR) is 97.2 cm³/mol. The topological polar surface area (TPSA) is 103 Å². The summed E-state index contributed by atoms with van der Waals surface area (Å²) in [6, 6.07) is 6.25. The van der Waals surface area contributed by atoms with Crippen LogP contribution in [0.3, 0.4) is 0 Å². The molecule has 0 aliphatic heterocycles. The van der Waals surface area contributed by atoms with Gasteiger partial charge in [0.1, 0.15) is 5.25 Å². The molecule has 1 unspecified atom stereocenters. The lowest BCUT2D eigenvalue weighted by Gasteiger charge is -2.18. The Kier molecular flexibility index (Phi) is 6.79. The van der Waals surface area contributed by atoms with Gasteiger partial charge in [0.05, 0.1) is 12.0 Å². The summed E-state index contributed by atoms with van der Waals surface area (Å²) in [6.45, 7) is 6.07. The first-order valence-electron chi connectivity index (χ1n) is 8.02. The molecule has 26 heavy (non-hydrogen) atoms. The quantitative estimate of drug-likeness (QED) is 0.492. The fraction of sp³-hybridized carbons (Fsp3) is 0.438. The first-order valence-corrected chi connectivity index (χ1v) is 10.3. The van der Waals surface area contributed by atoms with E-state index in [0.717, 1.165) is 11.8 Å². The molecule has 10 heteroatoms. The molecule has 8 nitrogen and oxygen atoms in total. The Morgan fingerprint density at radius 3 is 2.38 bits per heavy atom. The maximum atomic E-state index is 12.5. The highest BCUT2D eigenvalue weighted by atomic mass is 32.2. The van der Waals surface area contributed by atoms with E-state index in [4.69, 9.17) is 4.42 Å². The highest BCUT2D eigenvalue weighted by Crippen LogP contribution is 2.27. The molecule has 0 aliphatic rings. The molecular weight excluding hydrogens is 378 g/mol. The second-order valence-electron chi connectivity index (χ2n) is 5.27. The van der Waals surface area contributed by atoms with E-state index in [-0.39, 0.29) is 22.0 Å². The van der Waals surface area contributed by atoms with Crippen molar-refractivity contribution in [2.45, 2.75) is 36.1 Å². The van der Waals surface area contributed by atoms with Gasteiger partial charge < -0.3 is 9.15 Å². The van der Waals surface area contributed by atoms with Crippen molar-refractivity contribution in [2.24, 2.45) is 0 Å². The van der Waals surface area contributed by atoms with Crippen LogP contribution in [0.15, 0.2) is 38.8 Å². The zero-order valence-electron chi connectivity index (χ0n) is 15.0. The molecule has 0 spiro atoms. The molecule has 1 heterocycles. The van der Waals surface area contributed by atoms with Gasteiger partial charge in [-0.3, -0.25) is 4.79 Å². The van der Waals surface area contributed by atoms with Crippen molar-refractivity contribution >= 4 is 27.8 Å². The molecule has 0 aliphatic carbocycles. The number of thioether (sulfide) groups is 1. The third-order valence-electron chi connectivity index (χ3n) is 3.66. The molecule has 1 aromatic carbocycles. The van der Waals surface area contributed by atoms with Crippen molar-refractivity contribution < 1.29 is 22.4 Å². The van der Waals surface area contributed by atoms with Crippen LogP contribution < -0.4 is 0 Å². The average Bonchev–Trinajstić information content (AvgIpc) is 3.10. The third kappa shape index (κ3) is 4.43. The minimum absolute atomic E-state index is 0.207. The summed E-state index contributed by atoms with van der Waals surface area (Å²) >= 11 is 1.09. The SMILES string of the molecule is CCN(CC)S(=O)(=O)c1ccc(-c2nnc(SC(C)C(=O)OC)o2)cc1. The molecule has 2 aromatic rings. The van der Waals surface area contributed by atoms with Gasteiger partial charge in [0.2, 0.25) is 15.9 Å². The minimum Gasteiger partial charge on any atom is -0.468 e. The Morgan fingerprint density at radius 2 is 1.85 bits per heavy atom. The second-order valence-corrected chi connectivity index (χ2v) is 8.50. The lowest BCUT2D eigenvalue weighted by molar-refractivity contribution is -0.139. The van der Waals surface area contributed by atoms with Crippen LogP contribution >= 0.6 is 11.8 Å². The molecule has 2 rings (SSSR count). The first kappa shape index (κ1) is 20.4. The summed E-state index contributed by atoms with van der Waals surface area (Å²) in [4.78, 5) is 11.6. The summed E-state index contributed by atoms with van der Waals surface area (Å²) < 4.78 is 36.5. The van der Waals surface area contributed by atoms with Crippen LogP contribution in [0.1, 0.15) is 20.8 Å². The Bertz CT molecular complexity index is 845. The molecule has 142 valence electrons. The van der Waals surface area contributed by atoms with Crippen molar-refractivity contribution in [2.75, 3.05) is 20.2 Å². The van der Waals surface area contributed by atoms with E-state index in [1.54, 1.807) is 32.9 Å². The Hall–Kier alpha value is -1.91. The van der Waals surface area contributed by atoms with E-state index >= 15 is 0 Å². The molecule has 0 saturated carbocycles. The van der Waals surface area contributed by atoms with Gasteiger partial charge in [-0.15, -0.1) is 10.2 Å². The minimum atomic E-state index is -3.51. The van der Waals surface area contributed by atoms with Gasteiger partial charge in [-0.2, -0.15) is 4.31 Å².